The first-order valence-corrected chi connectivity index (χ1v) is 9.14. The molecule has 8 nitrogen and oxygen atoms in total. The van der Waals surface area contributed by atoms with E-state index in [2.05, 4.69) is 31.5 Å². The molecule has 0 bridgehead atoms. The molecule has 0 aliphatic carbocycles. The van der Waals surface area contributed by atoms with Crippen molar-refractivity contribution < 1.29 is 19.2 Å². The topological polar surface area (TPSA) is 111 Å². The number of anilines is 1. The van der Waals surface area contributed by atoms with Crippen molar-refractivity contribution in [2.24, 2.45) is 0 Å². The second kappa shape index (κ2) is 6.66. The second-order valence-corrected chi connectivity index (χ2v) is 7.37. The second-order valence-electron chi connectivity index (χ2n) is 6.46. The van der Waals surface area contributed by atoms with Crippen molar-refractivity contribution in [2.45, 2.75) is 25.4 Å². The van der Waals surface area contributed by atoms with E-state index in [1.807, 2.05) is 0 Å². The number of hydrogen-bond acceptors (Lipinski definition) is 4. The third-order valence-corrected chi connectivity index (χ3v) is 5.13. The van der Waals surface area contributed by atoms with E-state index in [4.69, 9.17) is 0 Å². The summed E-state index contributed by atoms with van der Waals surface area (Å²) in [5.74, 6) is -1.31. The van der Waals surface area contributed by atoms with E-state index in [0.29, 0.717) is 23.4 Å². The summed E-state index contributed by atoms with van der Waals surface area (Å²) in [7, 11) is 0. The van der Waals surface area contributed by atoms with Gasteiger partial charge in [-0.05, 0) is 52.2 Å². The van der Waals surface area contributed by atoms with Crippen molar-refractivity contribution >= 4 is 45.2 Å². The number of aromatic nitrogens is 1. The molecule has 3 N–H and O–H groups in total. The van der Waals surface area contributed by atoms with Crippen molar-refractivity contribution in [1.82, 2.24) is 15.2 Å². The fourth-order valence-corrected chi connectivity index (χ4v) is 3.69. The lowest BCUT2D eigenvalue weighted by Gasteiger charge is -2.29. The Kier molecular flexibility index (Phi) is 4.31. The van der Waals surface area contributed by atoms with Gasteiger partial charge in [-0.3, -0.25) is 24.5 Å². The van der Waals surface area contributed by atoms with E-state index in [1.165, 1.54) is 4.90 Å². The molecule has 9 heteroatoms. The number of imide groups is 1. The molecule has 0 saturated carbocycles. The lowest BCUT2D eigenvalue weighted by atomic mass is 10.0. The Morgan fingerprint density at radius 3 is 2.74 bits per heavy atom. The number of nitrogens with one attached hydrogen (secondary N) is 3. The fourth-order valence-electron chi connectivity index (χ4n) is 3.35. The van der Waals surface area contributed by atoms with Gasteiger partial charge in [0.2, 0.25) is 11.8 Å². The minimum atomic E-state index is -0.656. The Morgan fingerprint density at radius 2 is 2.04 bits per heavy atom. The molecule has 138 valence electrons. The number of nitrogens with zero attached hydrogens (tertiary/aromatic N) is 1. The quantitative estimate of drug-likeness (QED) is 0.644. The van der Waals surface area contributed by atoms with Crippen molar-refractivity contribution in [1.29, 1.82) is 0 Å². The fraction of sp³-hybridized carbons (Fsp3) is 0.222. The highest BCUT2D eigenvalue weighted by atomic mass is 79.9. The van der Waals surface area contributed by atoms with Gasteiger partial charge < -0.3 is 15.2 Å². The maximum absolute atomic E-state index is 12.6. The van der Waals surface area contributed by atoms with Crippen molar-refractivity contribution in [2.75, 3.05) is 5.32 Å². The predicted molar refractivity (Wildman–Crippen MR) is 98.9 cm³/mol. The van der Waals surface area contributed by atoms with Crippen molar-refractivity contribution in [3.8, 4) is 0 Å². The van der Waals surface area contributed by atoms with Crippen LogP contribution >= 0.6 is 15.9 Å². The maximum Gasteiger partial charge on any atom is 0.272 e. The number of fused-ring (bicyclic) bond motifs is 1. The molecule has 2 aromatic rings. The number of piperidine rings is 1. The summed E-state index contributed by atoms with van der Waals surface area (Å²) < 4.78 is 0.770. The van der Waals surface area contributed by atoms with Gasteiger partial charge in [-0.15, -0.1) is 0 Å². The van der Waals surface area contributed by atoms with Crippen molar-refractivity contribution in [3.05, 3.63) is 51.8 Å². The van der Waals surface area contributed by atoms with Crippen LogP contribution in [0.4, 0.5) is 5.69 Å². The highest BCUT2D eigenvalue weighted by Gasteiger charge is 2.39. The van der Waals surface area contributed by atoms with Gasteiger partial charge in [-0.1, -0.05) is 0 Å². The summed E-state index contributed by atoms with van der Waals surface area (Å²) in [4.78, 5) is 52.6. The zero-order valence-electron chi connectivity index (χ0n) is 14.0. The van der Waals surface area contributed by atoms with E-state index in [1.54, 1.807) is 30.5 Å². The molecule has 4 amide bonds. The summed E-state index contributed by atoms with van der Waals surface area (Å²) in [6.45, 7) is 0.262. The van der Waals surface area contributed by atoms with Gasteiger partial charge in [-0.25, -0.2) is 0 Å². The smallest absolute Gasteiger partial charge is 0.272 e. The largest absolute Gasteiger partial charge is 0.356 e. The third kappa shape index (κ3) is 3.25. The average Bonchev–Trinajstić information content (AvgIpc) is 3.19. The monoisotopic (exact) mass is 430 g/mol. The number of carbonyl (C=O) groups excluding carboxylic acids is 4. The molecule has 27 heavy (non-hydrogen) atoms. The summed E-state index contributed by atoms with van der Waals surface area (Å²) >= 11 is 3.28. The number of amides is 4. The summed E-state index contributed by atoms with van der Waals surface area (Å²) in [6.07, 6.45) is 2.19. The van der Waals surface area contributed by atoms with Gasteiger partial charge in [0, 0.05) is 34.9 Å². The lowest BCUT2D eigenvalue weighted by Crippen LogP contribution is -2.52. The lowest BCUT2D eigenvalue weighted by molar-refractivity contribution is -0.136. The van der Waals surface area contributed by atoms with Crippen LogP contribution in [-0.4, -0.2) is 39.6 Å². The average molecular weight is 431 g/mol. The van der Waals surface area contributed by atoms with Gasteiger partial charge in [0.15, 0.2) is 0 Å². The summed E-state index contributed by atoms with van der Waals surface area (Å²) in [5.41, 5.74) is 2.20. The van der Waals surface area contributed by atoms with Gasteiger partial charge in [0.05, 0.1) is 0 Å². The van der Waals surface area contributed by atoms with Crippen LogP contribution in [0.3, 0.4) is 0 Å². The first-order chi connectivity index (χ1) is 12.9. The molecule has 1 fully saturated rings. The first-order valence-electron chi connectivity index (χ1n) is 8.35. The van der Waals surface area contributed by atoms with E-state index in [0.717, 1.165) is 10.0 Å². The third-order valence-electron chi connectivity index (χ3n) is 4.67. The summed E-state index contributed by atoms with van der Waals surface area (Å²) in [5, 5.41) is 5.06. The summed E-state index contributed by atoms with van der Waals surface area (Å²) in [6, 6.07) is 6.04. The molecular formula is C18H15BrN4O4. The Balaban J connectivity index is 1.51. The molecule has 4 rings (SSSR count). The molecule has 1 aromatic heterocycles. The molecule has 3 heterocycles. The number of benzene rings is 1. The molecular weight excluding hydrogens is 416 g/mol. The normalized spacial score (nSPS) is 19.1. The van der Waals surface area contributed by atoms with Crippen LogP contribution in [0.1, 0.15) is 39.3 Å². The van der Waals surface area contributed by atoms with Crippen LogP contribution in [-0.2, 0) is 16.1 Å². The van der Waals surface area contributed by atoms with Crippen molar-refractivity contribution in [3.63, 3.8) is 0 Å². The minimum Gasteiger partial charge on any atom is -0.356 e. The van der Waals surface area contributed by atoms with Crippen LogP contribution in [0.2, 0.25) is 0 Å². The molecule has 1 unspecified atom stereocenters. The molecule has 1 aromatic carbocycles. The Morgan fingerprint density at radius 1 is 1.22 bits per heavy atom. The Labute approximate surface area is 162 Å². The Bertz CT molecular complexity index is 983. The highest BCUT2D eigenvalue weighted by molar-refractivity contribution is 9.10. The van der Waals surface area contributed by atoms with E-state index in [9.17, 15) is 19.2 Å². The van der Waals surface area contributed by atoms with Crippen LogP contribution in [0.25, 0.3) is 0 Å². The number of rotatable bonds is 3. The molecule has 2 aliphatic heterocycles. The standard InChI is InChI=1S/C18H15BrN4O4/c19-10-6-13(20-7-10)16(25)21-11-1-2-12-9(5-11)8-23(18(12)27)14-3-4-15(24)22-17(14)26/h1-2,5-7,14,20H,3-4,8H2,(H,21,25)(H,22,24,26). The number of hydrogen-bond donors (Lipinski definition) is 3. The number of aromatic amines is 1. The van der Waals surface area contributed by atoms with Crippen LogP contribution in [0.5, 0.6) is 0 Å². The number of carbonyl (C=O) groups is 4. The predicted octanol–water partition coefficient (Wildman–Crippen LogP) is 1.79. The van der Waals surface area contributed by atoms with E-state index < -0.39 is 11.9 Å². The van der Waals surface area contributed by atoms with Gasteiger partial charge in [0.25, 0.3) is 11.8 Å². The molecule has 2 aliphatic rings. The molecule has 1 saturated heterocycles. The first kappa shape index (κ1) is 17.5. The number of halogens is 1. The zero-order chi connectivity index (χ0) is 19.1. The van der Waals surface area contributed by atoms with Crippen LogP contribution in [0, 0.1) is 0 Å². The van der Waals surface area contributed by atoms with Gasteiger partial charge in [0.1, 0.15) is 11.7 Å². The zero-order valence-corrected chi connectivity index (χ0v) is 15.6. The highest BCUT2D eigenvalue weighted by Crippen LogP contribution is 2.29. The number of H-pyrrole nitrogens is 1. The molecule has 0 spiro atoms. The van der Waals surface area contributed by atoms with Gasteiger partial charge in [-0.2, -0.15) is 0 Å². The molecule has 0 radical (unpaired) electrons. The SMILES string of the molecule is O=C1CCC(N2Cc3cc(NC(=O)c4cc(Br)c[nH]4)ccc3C2=O)C(=O)N1. The van der Waals surface area contributed by atoms with Crippen LogP contribution in [0.15, 0.2) is 34.9 Å². The van der Waals surface area contributed by atoms with E-state index in [-0.39, 0.29) is 30.7 Å². The Hall–Kier alpha value is -2.94. The van der Waals surface area contributed by atoms with Gasteiger partial charge >= 0.3 is 0 Å². The minimum absolute atomic E-state index is 0.212. The van der Waals surface area contributed by atoms with E-state index >= 15 is 0 Å². The van der Waals surface area contributed by atoms with Crippen LogP contribution < -0.4 is 10.6 Å². The molecule has 1 atom stereocenters. The maximum atomic E-state index is 12.6.